The van der Waals surface area contributed by atoms with Gasteiger partial charge in [0.2, 0.25) is 0 Å². The summed E-state index contributed by atoms with van der Waals surface area (Å²) in [6, 6.07) is 19.8. The van der Waals surface area contributed by atoms with E-state index in [1.165, 1.54) is 27.8 Å². The largest absolute Gasteiger partial charge is 0.152 e. The van der Waals surface area contributed by atoms with Gasteiger partial charge in [-0.15, -0.1) is 6.58 Å². The Morgan fingerprint density at radius 2 is 1.33 bits per heavy atom. The Hall–Kier alpha value is -2.12. The molecule has 0 aliphatic carbocycles. The van der Waals surface area contributed by atoms with Crippen LogP contribution in [0.4, 0.5) is 0 Å². The molecule has 1 aromatic heterocycles. The molecule has 0 N–H and O–H groups in total. The summed E-state index contributed by atoms with van der Waals surface area (Å²) in [7, 11) is 0. The summed E-state index contributed by atoms with van der Waals surface area (Å²) in [6.45, 7) is 3.77. The molecule has 3 aromatic rings. The summed E-state index contributed by atoms with van der Waals surface area (Å²) in [6.07, 6.45) is 4.08. The van der Waals surface area contributed by atoms with Crippen molar-refractivity contribution < 1.29 is 0 Å². The minimum absolute atomic E-state index is 1.04. The minimum Gasteiger partial charge on any atom is -0.152 e. The molecule has 0 aliphatic heterocycles. The van der Waals surface area contributed by atoms with Crippen molar-refractivity contribution in [2.24, 2.45) is 0 Å². The van der Waals surface area contributed by atoms with Crippen LogP contribution in [0.1, 0.15) is 12.0 Å². The molecule has 0 bridgehead atoms. The van der Waals surface area contributed by atoms with Gasteiger partial charge in [-0.05, 0) is 57.5 Å². The normalized spacial score (nSPS) is 10.5. The van der Waals surface area contributed by atoms with Crippen LogP contribution in [0, 0.1) is 0 Å². The highest BCUT2D eigenvalue weighted by atomic mass is 32.1. The molecule has 0 amide bonds. The molecule has 0 atom stereocenters. The fourth-order valence-electron chi connectivity index (χ4n) is 2.42. The van der Waals surface area contributed by atoms with Gasteiger partial charge in [0.15, 0.2) is 0 Å². The van der Waals surface area contributed by atoms with E-state index in [0.717, 1.165) is 12.8 Å². The van der Waals surface area contributed by atoms with Crippen LogP contribution in [0.25, 0.3) is 22.3 Å². The topological polar surface area (TPSA) is 0 Å². The van der Waals surface area contributed by atoms with Gasteiger partial charge < -0.3 is 0 Å². The van der Waals surface area contributed by atoms with Crippen molar-refractivity contribution in [1.82, 2.24) is 0 Å². The average Bonchev–Trinajstić information content (AvgIpc) is 3.08. The van der Waals surface area contributed by atoms with Crippen LogP contribution in [-0.2, 0) is 6.42 Å². The smallest absolute Gasteiger partial charge is 0.00147 e. The zero-order valence-electron chi connectivity index (χ0n) is 12.0. The molecular weight excluding hydrogens is 272 g/mol. The number of thiophene rings is 1. The zero-order chi connectivity index (χ0) is 14.5. The van der Waals surface area contributed by atoms with E-state index in [4.69, 9.17) is 0 Å². The summed E-state index contributed by atoms with van der Waals surface area (Å²) in [5.74, 6) is 0. The van der Waals surface area contributed by atoms with Gasteiger partial charge in [0.05, 0.1) is 0 Å². The first kappa shape index (κ1) is 13.8. The lowest BCUT2D eigenvalue weighted by atomic mass is 10.00. The fraction of sp³-hybridized carbons (Fsp3) is 0.100. The maximum atomic E-state index is 3.77. The molecule has 1 heteroatoms. The molecule has 0 unspecified atom stereocenters. The number of allylic oxidation sites excluding steroid dienone is 1. The van der Waals surface area contributed by atoms with E-state index in [2.05, 4.69) is 71.9 Å². The Balaban J connectivity index is 1.79. The van der Waals surface area contributed by atoms with Crippen LogP contribution < -0.4 is 0 Å². The molecule has 0 aliphatic rings. The third-order valence-electron chi connectivity index (χ3n) is 3.66. The van der Waals surface area contributed by atoms with Gasteiger partial charge in [-0.2, -0.15) is 11.3 Å². The Labute approximate surface area is 130 Å². The van der Waals surface area contributed by atoms with E-state index in [1.807, 2.05) is 6.08 Å². The summed E-state index contributed by atoms with van der Waals surface area (Å²) in [5.41, 5.74) is 6.49. The van der Waals surface area contributed by atoms with Gasteiger partial charge in [-0.1, -0.05) is 54.6 Å². The molecule has 21 heavy (non-hydrogen) atoms. The summed E-state index contributed by atoms with van der Waals surface area (Å²) in [5, 5.41) is 4.30. The van der Waals surface area contributed by atoms with Crippen LogP contribution in [0.15, 0.2) is 78.0 Å². The van der Waals surface area contributed by atoms with E-state index >= 15 is 0 Å². The van der Waals surface area contributed by atoms with Gasteiger partial charge in [0.1, 0.15) is 0 Å². The Morgan fingerprint density at radius 1 is 0.762 bits per heavy atom. The second-order valence-electron chi connectivity index (χ2n) is 5.11. The van der Waals surface area contributed by atoms with Crippen molar-refractivity contribution in [3.05, 3.63) is 83.6 Å². The lowest BCUT2D eigenvalue weighted by Crippen LogP contribution is -1.84. The first-order valence-electron chi connectivity index (χ1n) is 7.19. The van der Waals surface area contributed by atoms with Crippen LogP contribution in [0.3, 0.4) is 0 Å². The first-order valence-corrected chi connectivity index (χ1v) is 8.14. The lowest BCUT2D eigenvalue weighted by Gasteiger charge is -2.05. The average molecular weight is 290 g/mol. The van der Waals surface area contributed by atoms with E-state index in [9.17, 15) is 0 Å². The van der Waals surface area contributed by atoms with Crippen molar-refractivity contribution in [3.63, 3.8) is 0 Å². The molecule has 0 radical (unpaired) electrons. The maximum Gasteiger partial charge on any atom is -0.00147 e. The van der Waals surface area contributed by atoms with Crippen molar-refractivity contribution in [1.29, 1.82) is 0 Å². The van der Waals surface area contributed by atoms with E-state index in [0.29, 0.717) is 0 Å². The maximum absolute atomic E-state index is 3.77. The molecule has 0 saturated heterocycles. The van der Waals surface area contributed by atoms with Crippen molar-refractivity contribution in [2.45, 2.75) is 12.8 Å². The number of aryl methyl sites for hydroxylation is 1. The fourth-order valence-corrected chi connectivity index (χ4v) is 3.08. The van der Waals surface area contributed by atoms with Crippen LogP contribution in [0.5, 0.6) is 0 Å². The van der Waals surface area contributed by atoms with Crippen LogP contribution >= 0.6 is 11.3 Å². The lowest BCUT2D eigenvalue weighted by molar-refractivity contribution is 1.00. The first-order chi connectivity index (χ1) is 10.4. The van der Waals surface area contributed by atoms with Gasteiger partial charge in [-0.25, -0.2) is 0 Å². The van der Waals surface area contributed by atoms with Gasteiger partial charge in [0.25, 0.3) is 0 Å². The Kier molecular flexibility index (Phi) is 4.32. The third-order valence-corrected chi connectivity index (χ3v) is 4.35. The van der Waals surface area contributed by atoms with Gasteiger partial charge >= 0.3 is 0 Å². The van der Waals surface area contributed by atoms with Crippen molar-refractivity contribution >= 4 is 11.3 Å². The highest BCUT2D eigenvalue weighted by Crippen LogP contribution is 2.26. The highest BCUT2D eigenvalue weighted by Gasteiger charge is 2.01. The van der Waals surface area contributed by atoms with Crippen molar-refractivity contribution in [3.8, 4) is 22.3 Å². The Morgan fingerprint density at radius 3 is 1.86 bits per heavy atom. The van der Waals surface area contributed by atoms with Gasteiger partial charge in [0, 0.05) is 0 Å². The number of benzene rings is 2. The third kappa shape index (κ3) is 3.32. The second-order valence-corrected chi connectivity index (χ2v) is 5.89. The number of hydrogen-bond donors (Lipinski definition) is 0. The number of rotatable bonds is 5. The predicted molar refractivity (Wildman–Crippen MR) is 93.7 cm³/mol. The monoisotopic (exact) mass is 290 g/mol. The molecule has 3 rings (SSSR count). The zero-order valence-corrected chi connectivity index (χ0v) is 12.8. The quantitative estimate of drug-likeness (QED) is 0.491. The molecule has 2 aromatic carbocycles. The van der Waals surface area contributed by atoms with E-state index in [1.54, 1.807) is 11.3 Å². The van der Waals surface area contributed by atoms with Crippen molar-refractivity contribution in [2.75, 3.05) is 0 Å². The van der Waals surface area contributed by atoms with Gasteiger partial charge in [-0.3, -0.25) is 0 Å². The molecule has 0 spiro atoms. The number of hydrogen-bond acceptors (Lipinski definition) is 1. The molecule has 0 saturated carbocycles. The van der Waals surface area contributed by atoms with Crippen LogP contribution in [-0.4, -0.2) is 0 Å². The predicted octanol–water partition coefficient (Wildman–Crippen LogP) is 6.20. The summed E-state index contributed by atoms with van der Waals surface area (Å²) in [4.78, 5) is 0. The second kappa shape index (κ2) is 6.55. The molecule has 0 fully saturated rings. The van der Waals surface area contributed by atoms with E-state index < -0.39 is 0 Å². The molecular formula is C20H18S. The highest BCUT2D eigenvalue weighted by molar-refractivity contribution is 7.08. The van der Waals surface area contributed by atoms with Crippen LogP contribution in [0.2, 0.25) is 0 Å². The minimum atomic E-state index is 1.04. The summed E-state index contributed by atoms with van der Waals surface area (Å²) >= 11 is 1.74. The van der Waals surface area contributed by atoms with E-state index in [-0.39, 0.29) is 0 Å². The molecule has 1 heterocycles. The Bertz CT molecular complexity index is 689. The molecule has 0 nitrogen and oxygen atoms in total. The standard InChI is InChI=1S/C20H18S/c1-2-3-4-16-5-7-17(8-6-16)18-9-11-19(12-10-18)20-13-14-21-15-20/h2,5-15H,1,3-4H2. The molecule has 104 valence electrons. The summed E-state index contributed by atoms with van der Waals surface area (Å²) < 4.78 is 0. The SMILES string of the molecule is C=CCCc1ccc(-c2ccc(-c3ccsc3)cc2)cc1.